The van der Waals surface area contributed by atoms with Gasteiger partial charge in [0.25, 0.3) is 0 Å². The average Bonchev–Trinajstić information content (AvgIpc) is 2.33. The highest BCUT2D eigenvalue weighted by Crippen LogP contribution is 2.40. The molecule has 1 aromatic rings. The van der Waals surface area contributed by atoms with Crippen molar-refractivity contribution in [2.45, 2.75) is 12.4 Å². The Bertz CT molecular complexity index is 549. The van der Waals surface area contributed by atoms with Gasteiger partial charge in [0.1, 0.15) is 11.4 Å². The van der Waals surface area contributed by atoms with Crippen LogP contribution < -0.4 is 3.07 Å². The van der Waals surface area contributed by atoms with Gasteiger partial charge >= 0.3 is 12.4 Å². The van der Waals surface area contributed by atoms with Gasteiger partial charge in [-0.05, 0) is 0 Å². The van der Waals surface area contributed by atoms with E-state index < -0.39 is 35.1 Å². The number of aromatic nitrogens is 1. The van der Waals surface area contributed by atoms with Gasteiger partial charge in [0.15, 0.2) is 23.0 Å². The Hall–Kier alpha value is -1.26. The Morgan fingerprint density at radius 1 is 1.25 bits per heavy atom. The van der Waals surface area contributed by atoms with Gasteiger partial charge in [-0.2, -0.15) is 26.3 Å². The smallest absolute Gasteiger partial charge is 0.427 e. The molecule has 0 fully saturated rings. The number of hydrogen-bond donors (Lipinski definition) is 0. The second-order valence-electron chi connectivity index (χ2n) is 3.52. The fourth-order valence-electron chi connectivity index (χ4n) is 1.30. The predicted molar refractivity (Wildman–Crippen MR) is 69.1 cm³/mol. The first kappa shape index (κ1) is 16.8. The van der Waals surface area contributed by atoms with Crippen molar-refractivity contribution in [3.8, 4) is 5.75 Å². The van der Waals surface area contributed by atoms with Crippen LogP contribution >= 0.6 is 23.0 Å². The van der Waals surface area contributed by atoms with E-state index in [1.54, 1.807) is 0 Å². The average molecular weight is 409 g/mol. The van der Waals surface area contributed by atoms with E-state index >= 15 is 0 Å². The van der Waals surface area contributed by atoms with Crippen LogP contribution in [0.2, 0.25) is 0 Å². The molecule has 0 aromatic carbocycles. The van der Waals surface area contributed by atoms with E-state index in [9.17, 15) is 26.3 Å². The summed E-state index contributed by atoms with van der Waals surface area (Å²) in [5, 5.41) is 0. The molecule has 0 aliphatic rings. The normalized spacial score (nSPS) is 12.2. The second-order valence-corrected chi connectivity index (χ2v) is 3.96. The van der Waals surface area contributed by atoms with Crippen molar-refractivity contribution in [1.29, 1.82) is 0 Å². The van der Waals surface area contributed by atoms with Crippen molar-refractivity contribution in [3.05, 3.63) is 36.2 Å². The lowest BCUT2D eigenvalue weighted by atomic mass is 10.0. The van der Waals surface area contributed by atoms with Crippen LogP contribution in [0.4, 0.5) is 26.3 Å². The van der Waals surface area contributed by atoms with E-state index in [2.05, 4.69) is 21.2 Å². The van der Waals surface area contributed by atoms with Crippen LogP contribution in [0.3, 0.4) is 0 Å². The first-order valence-electron chi connectivity index (χ1n) is 4.82. The summed E-state index contributed by atoms with van der Waals surface area (Å²) in [6.45, 7) is 5.99. The van der Waals surface area contributed by atoms with Gasteiger partial charge in [-0.25, -0.2) is 4.98 Å². The third-order valence-electron chi connectivity index (χ3n) is 2.23. The minimum Gasteiger partial charge on any atom is -0.427 e. The summed E-state index contributed by atoms with van der Waals surface area (Å²) in [5.74, 6) is -0.427. The third-order valence-corrected chi connectivity index (χ3v) is 2.70. The summed E-state index contributed by atoms with van der Waals surface area (Å²) >= 11 is 1.25. The number of rotatable bonds is 3. The molecule has 0 radical (unpaired) electrons. The summed E-state index contributed by atoms with van der Waals surface area (Å²) in [6.07, 6.45) is -8.91. The summed E-state index contributed by atoms with van der Waals surface area (Å²) in [4.78, 5) is 2.99. The number of nitrogens with zero attached hydrogens (tertiary/aromatic N) is 1. The molecule has 9 heteroatoms. The van der Waals surface area contributed by atoms with Crippen molar-refractivity contribution in [2.24, 2.45) is 0 Å². The maximum atomic E-state index is 12.6. The lowest BCUT2D eigenvalue weighted by Gasteiger charge is -2.16. The zero-order chi connectivity index (χ0) is 15.7. The van der Waals surface area contributed by atoms with Crippen LogP contribution in [-0.4, -0.2) is 11.2 Å². The van der Waals surface area contributed by atoms with E-state index in [-0.39, 0.29) is 5.56 Å². The van der Waals surface area contributed by atoms with Crippen molar-refractivity contribution in [2.75, 3.05) is 0 Å². The summed E-state index contributed by atoms with van der Waals surface area (Å²) in [6, 6.07) is 0.497. The van der Waals surface area contributed by atoms with Gasteiger partial charge in [-0.15, -0.1) is 0 Å². The molecule has 20 heavy (non-hydrogen) atoms. The fraction of sp³-hybridized carbons (Fsp3) is 0.182. The highest BCUT2D eigenvalue weighted by atomic mass is 127. The molecular weight excluding hydrogens is 403 g/mol. The molecule has 0 atom stereocenters. The van der Waals surface area contributed by atoms with Gasteiger partial charge in [-0.3, -0.25) is 0 Å². The molecule has 110 valence electrons. The lowest BCUT2D eigenvalue weighted by molar-refractivity contribution is -0.141. The Kier molecular flexibility index (Phi) is 4.72. The minimum absolute atomic E-state index is 0.310. The molecule has 0 saturated carbocycles. The topological polar surface area (TPSA) is 22.1 Å². The van der Waals surface area contributed by atoms with E-state index in [0.717, 1.165) is 6.08 Å². The molecule has 0 N–H and O–H groups in total. The van der Waals surface area contributed by atoms with E-state index in [0.29, 0.717) is 6.07 Å². The fourth-order valence-corrected chi connectivity index (χ4v) is 1.67. The molecule has 0 aliphatic heterocycles. The quantitative estimate of drug-likeness (QED) is 0.515. The second kappa shape index (κ2) is 5.62. The molecule has 0 saturated heterocycles. The maximum Gasteiger partial charge on any atom is 0.433 e. The number of alkyl halides is 6. The van der Waals surface area contributed by atoms with Gasteiger partial charge < -0.3 is 3.07 Å². The van der Waals surface area contributed by atoms with Crippen molar-refractivity contribution in [3.63, 3.8) is 0 Å². The maximum absolute atomic E-state index is 12.6. The predicted octanol–water partition coefficient (Wildman–Crippen LogP) is 5.05. The molecule has 0 bridgehead atoms. The van der Waals surface area contributed by atoms with E-state index in [1.165, 1.54) is 23.0 Å². The molecule has 0 amide bonds. The molecule has 0 aliphatic carbocycles. The van der Waals surface area contributed by atoms with Crippen molar-refractivity contribution in [1.82, 2.24) is 4.98 Å². The number of halogens is 7. The zero-order valence-corrected chi connectivity index (χ0v) is 11.7. The first-order valence-corrected chi connectivity index (χ1v) is 5.70. The SMILES string of the molecule is C=Cc1c(OI)cc(C(F)(F)F)nc1C(=C)C(F)(F)F. The number of allylic oxidation sites excluding steroid dienone is 1. The van der Waals surface area contributed by atoms with E-state index in [4.69, 9.17) is 0 Å². The largest absolute Gasteiger partial charge is 0.433 e. The van der Waals surface area contributed by atoms with Crippen LogP contribution in [0, 0.1) is 0 Å². The van der Waals surface area contributed by atoms with Gasteiger partial charge in [-0.1, -0.05) is 19.2 Å². The molecule has 1 heterocycles. The molecule has 2 nitrogen and oxygen atoms in total. The van der Waals surface area contributed by atoms with Crippen LogP contribution in [0.25, 0.3) is 11.6 Å². The van der Waals surface area contributed by atoms with Gasteiger partial charge in [0, 0.05) is 11.6 Å². The standard InChI is InChI=1S/C11H6F6INO/c1-3-6-7(20-18)4-8(11(15,16)17)19-9(6)5(2)10(12,13)14/h3-4H,1-2H2. The summed E-state index contributed by atoms with van der Waals surface area (Å²) in [5.41, 5.74) is -4.29. The van der Waals surface area contributed by atoms with Gasteiger partial charge in [0.05, 0.1) is 11.3 Å². The van der Waals surface area contributed by atoms with Crippen LogP contribution in [0.5, 0.6) is 5.75 Å². The molecular formula is C11H6F6INO. The van der Waals surface area contributed by atoms with Crippen molar-refractivity contribution < 1.29 is 29.4 Å². The monoisotopic (exact) mass is 409 g/mol. The third kappa shape index (κ3) is 3.44. The number of hydrogen-bond acceptors (Lipinski definition) is 2. The first-order chi connectivity index (χ1) is 9.02. The molecule has 0 spiro atoms. The van der Waals surface area contributed by atoms with E-state index in [1.807, 2.05) is 0 Å². The van der Waals surface area contributed by atoms with Crippen LogP contribution in [0.1, 0.15) is 17.0 Å². The Labute approximate surface area is 123 Å². The highest BCUT2D eigenvalue weighted by Gasteiger charge is 2.39. The van der Waals surface area contributed by atoms with Gasteiger partial charge in [0.2, 0.25) is 0 Å². The highest BCUT2D eigenvalue weighted by molar-refractivity contribution is 14.1. The Morgan fingerprint density at radius 3 is 2.15 bits per heavy atom. The van der Waals surface area contributed by atoms with Crippen LogP contribution in [0.15, 0.2) is 19.2 Å². The lowest BCUT2D eigenvalue weighted by Crippen LogP contribution is -2.16. The van der Waals surface area contributed by atoms with Crippen molar-refractivity contribution >= 4 is 34.7 Å². The Balaban J connectivity index is 3.63. The summed E-state index contributed by atoms with van der Waals surface area (Å²) in [7, 11) is 0. The number of pyridine rings is 1. The minimum atomic E-state index is -4.92. The van der Waals surface area contributed by atoms with Crippen LogP contribution in [-0.2, 0) is 6.18 Å². The summed E-state index contributed by atoms with van der Waals surface area (Å²) < 4.78 is 80.3. The molecule has 1 rings (SSSR count). The molecule has 1 aromatic heterocycles. The Morgan fingerprint density at radius 2 is 1.80 bits per heavy atom. The zero-order valence-electron chi connectivity index (χ0n) is 9.57. The molecule has 0 unspecified atom stereocenters.